The molecule has 1 aliphatic carbocycles. The summed E-state index contributed by atoms with van der Waals surface area (Å²) in [6.07, 6.45) is 5.52. The molecule has 1 aliphatic heterocycles. The highest BCUT2D eigenvalue weighted by Gasteiger charge is 2.42. The second-order valence-corrected chi connectivity index (χ2v) is 12.0. The van der Waals surface area contributed by atoms with Crippen molar-refractivity contribution in [2.45, 2.75) is 68.3 Å². The topological polar surface area (TPSA) is 95.6 Å². The van der Waals surface area contributed by atoms with Crippen LogP contribution >= 0.6 is 11.6 Å². The molecule has 2 N–H and O–H groups in total. The van der Waals surface area contributed by atoms with Crippen LogP contribution in [0.4, 0.5) is 8.78 Å². The van der Waals surface area contributed by atoms with E-state index in [-0.39, 0.29) is 11.8 Å². The second-order valence-electron chi connectivity index (χ2n) is 9.89. The number of hydrogen-bond donors (Lipinski definition) is 2. The quantitative estimate of drug-likeness (QED) is 0.475. The van der Waals surface area contributed by atoms with Gasteiger partial charge >= 0.3 is 0 Å². The van der Waals surface area contributed by atoms with E-state index in [2.05, 4.69) is 10.0 Å². The van der Waals surface area contributed by atoms with Gasteiger partial charge in [-0.1, -0.05) is 49.1 Å². The van der Waals surface area contributed by atoms with Crippen LogP contribution in [0.3, 0.4) is 0 Å². The van der Waals surface area contributed by atoms with Crippen molar-refractivity contribution in [1.29, 1.82) is 0 Å². The Hall–Kier alpha value is -2.56. The van der Waals surface area contributed by atoms with E-state index >= 15 is 0 Å². The first-order valence-electron chi connectivity index (χ1n) is 13.0. The Balaban J connectivity index is 1.49. The fraction of sp³-hybridized carbons (Fsp3) is 0.481. The molecule has 7 nitrogen and oxygen atoms in total. The Morgan fingerprint density at radius 3 is 2.47 bits per heavy atom. The fourth-order valence-electron chi connectivity index (χ4n) is 5.36. The highest BCUT2D eigenvalue weighted by Crippen LogP contribution is 2.30. The van der Waals surface area contributed by atoms with Gasteiger partial charge in [-0.25, -0.2) is 17.2 Å². The van der Waals surface area contributed by atoms with Crippen LogP contribution in [0.2, 0.25) is 5.02 Å². The molecule has 38 heavy (non-hydrogen) atoms. The largest absolute Gasteiger partial charge is 0.354 e. The first kappa shape index (κ1) is 28.4. The number of halogens is 3. The van der Waals surface area contributed by atoms with Crippen molar-refractivity contribution in [2.24, 2.45) is 5.92 Å². The lowest BCUT2D eigenvalue weighted by Gasteiger charge is -2.34. The van der Waals surface area contributed by atoms with Gasteiger partial charge in [0.25, 0.3) is 0 Å². The lowest BCUT2D eigenvalue weighted by Crippen LogP contribution is -2.56. The lowest BCUT2D eigenvalue weighted by molar-refractivity contribution is -0.140. The number of nitrogens with zero attached hydrogens (tertiary/aromatic N) is 1. The molecule has 2 amide bonds. The van der Waals surface area contributed by atoms with Crippen molar-refractivity contribution in [1.82, 2.24) is 14.9 Å². The van der Waals surface area contributed by atoms with Crippen molar-refractivity contribution < 1.29 is 26.8 Å². The maximum absolute atomic E-state index is 14.4. The Kier molecular flexibility index (Phi) is 9.38. The van der Waals surface area contributed by atoms with Crippen LogP contribution in [-0.4, -0.2) is 50.3 Å². The van der Waals surface area contributed by atoms with Crippen LogP contribution in [0.1, 0.15) is 50.5 Å². The van der Waals surface area contributed by atoms with E-state index < -0.39 is 44.5 Å². The zero-order valence-electron chi connectivity index (χ0n) is 21.0. The van der Waals surface area contributed by atoms with Gasteiger partial charge in [-0.15, -0.1) is 0 Å². The number of likely N-dealkylation sites (tertiary alicyclic amines) is 1. The summed E-state index contributed by atoms with van der Waals surface area (Å²) >= 11 is 6.19. The molecular weight excluding hydrogens is 536 g/mol. The van der Waals surface area contributed by atoms with Crippen LogP contribution in [0.5, 0.6) is 0 Å². The average molecular weight is 568 g/mol. The Bertz CT molecular complexity index is 1270. The zero-order chi connectivity index (χ0) is 27.3. The van der Waals surface area contributed by atoms with E-state index in [9.17, 15) is 26.8 Å². The molecule has 2 atom stereocenters. The SMILES string of the molecule is O=C(NCCc1ccccc1Cl)[C@@H]1CCCN1C(=O)[C@@H](NS(=O)(=O)c1ccc(F)cc1F)C1CCCCC1. The summed E-state index contributed by atoms with van der Waals surface area (Å²) in [6, 6.07) is 7.67. The summed E-state index contributed by atoms with van der Waals surface area (Å²) in [7, 11) is -4.47. The van der Waals surface area contributed by atoms with Crippen molar-refractivity contribution >= 4 is 33.4 Å². The Morgan fingerprint density at radius 2 is 1.76 bits per heavy atom. The minimum atomic E-state index is -4.47. The summed E-state index contributed by atoms with van der Waals surface area (Å²) in [4.78, 5) is 27.6. The van der Waals surface area contributed by atoms with E-state index in [4.69, 9.17) is 11.6 Å². The summed E-state index contributed by atoms with van der Waals surface area (Å²) in [5, 5.41) is 3.49. The summed E-state index contributed by atoms with van der Waals surface area (Å²) in [5.41, 5.74) is 0.897. The van der Waals surface area contributed by atoms with Gasteiger partial charge in [0.15, 0.2) is 0 Å². The maximum atomic E-state index is 14.4. The van der Waals surface area contributed by atoms with Crippen LogP contribution in [0.25, 0.3) is 0 Å². The first-order valence-corrected chi connectivity index (χ1v) is 14.8. The average Bonchev–Trinajstić information content (AvgIpc) is 3.38. The molecule has 0 spiro atoms. The van der Waals surface area contributed by atoms with Gasteiger partial charge in [0, 0.05) is 24.2 Å². The van der Waals surface area contributed by atoms with Gasteiger partial charge in [0.05, 0.1) is 0 Å². The van der Waals surface area contributed by atoms with Gasteiger partial charge in [0.1, 0.15) is 28.6 Å². The smallest absolute Gasteiger partial charge is 0.244 e. The molecule has 1 saturated carbocycles. The number of carbonyl (C=O) groups is 2. The normalized spacial score (nSPS) is 19.3. The third-order valence-corrected chi connectivity index (χ3v) is 9.19. The molecule has 2 fully saturated rings. The minimum absolute atomic E-state index is 0.293. The highest BCUT2D eigenvalue weighted by atomic mass is 35.5. The van der Waals surface area contributed by atoms with Gasteiger partial charge < -0.3 is 10.2 Å². The predicted molar refractivity (Wildman–Crippen MR) is 140 cm³/mol. The molecule has 1 heterocycles. The monoisotopic (exact) mass is 567 g/mol. The van der Waals surface area contributed by atoms with Crippen molar-refractivity contribution in [2.75, 3.05) is 13.1 Å². The van der Waals surface area contributed by atoms with Gasteiger partial charge in [-0.05, 0) is 61.8 Å². The Morgan fingerprint density at radius 1 is 1.03 bits per heavy atom. The second kappa shape index (κ2) is 12.5. The molecule has 2 aromatic carbocycles. The molecule has 2 aromatic rings. The summed E-state index contributed by atoms with van der Waals surface area (Å²) < 4.78 is 56.4. The molecule has 0 radical (unpaired) electrons. The molecule has 0 unspecified atom stereocenters. The minimum Gasteiger partial charge on any atom is -0.354 e. The molecule has 206 valence electrons. The van der Waals surface area contributed by atoms with E-state index in [0.717, 1.165) is 37.0 Å². The molecule has 0 aromatic heterocycles. The van der Waals surface area contributed by atoms with Crippen molar-refractivity contribution in [3.63, 3.8) is 0 Å². The molecule has 1 saturated heterocycles. The van der Waals surface area contributed by atoms with Crippen molar-refractivity contribution in [3.05, 3.63) is 64.7 Å². The lowest BCUT2D eigenvalue weighted by atomic mass is 9.83. The first-order chi connectivity index (χ1) is 18.2. The summed E-state index contributed by atoms with van der Waals surface area (Å²) in [6.45, 7) is 0.654. The van der Waals surface area contributed by atoms with Gasteiger partial charge in [0.2, 0.25) is 21.8 Å². The standard InChI is InChI=1S/C27H32ClF2N3O4S/c28-21-10-5-4-7-18(21)14-15-31-26(34)23-11-6-16-33(23)27(35)25(19-8-2-1-3-9-19)32-38(36,37)24-13-12-20(29)17-22(24)30/h4-5,7,10,12-13,17,19,23,25,32H,1-3,6,8-9,11,14-16H2,(H,31,34)/t23-,25-/m0/s1. The predicted octanol–water partition coefficient (Wildman–Crippen LogP) is 4.20. The van der Waals surface area contributed by atoms with E-state index in [1.807, 2.05) is 18.2 Å². The molecular formula is C27H32ClF2N3O4S. The van der Waals surface area contributed by atoms with Crippen LogP contribution in [0, 0.1) is 17.6 Å². The maximum Gasteiger partial charge on any atom is 0.244 e. The molecule has 2 aliphatic rings. The molecule has 4 rings (SSSR count). The highest BCUT2D eigenvalue weighted by molar-refractivity contribution is 7.89. The van der Waals surface area contributed by atoms with Gasteiger partial charge in [-0.2, -0.15) is 4.72 Å². The van der Waals surface area contributed by atoms with Crippen LogP contribution in [0.15, 0.2) is 47.4 Å². The number of carbonyl (C=O) groups excluding carboxylic acids is 2. The fourth-order valence-corrected chi connectivity index (χ4v) is 6.91. The zero-order valence-corrected chi connectivity index (χ0v) is 22.5. The number of benzene rings is 2. The van der Waals surface area contributed by atoms with Gasteiger partial charge in [-0.3, -0.25) is 9.59 Å². The van der Waals surface area contributed by atoms with E-state index in [1.165, 1.54) is 4.90 Å². The third kappa shape index (κ3) is 6.71. The van der Waals surface area contributed by atoms with E-state index in [1.54, 1.807) is 6.07 Å². The number of hydrogen-bond acceptors (Lipinski definition) is 4. The van der Waals surface area contributed by atoms with E-state index in [0.29, 0.717) is 56.3 Å². The number of nitrogens with one attached hydrogen (secondary N) is 2. The number of sulfonamides is 1. The Labute approximate surface area is 227 Å². The van der Waals surface area contributed by atoms with Crippen LogP contribution < -0.4 is 10.0 Å². The van der Waals surface area contributed by atoms with Crippen molar-refractivity contribution in [3.8, 4) is 0 Å². The van der Waals surface area contributed by atoms with Crippen LogP contribution in [-0.2, 0) is 26.0 Å². The third-order valence-electron chi connectivity index (χ3n) is 7.34. The number of rotatable bonds is 9. The molecule has 0 bridgehead atoms. The molecule has 11 heteroatoms. The number of amides is 2. The summed E-state index contributed by atoms with van der Waals surface area (Å²) in [5.74, 6) is -3.23.